The average molecular weight is 385 g/mol. The second kappa shape index (κ2) is 7.00. The van der Waals surface area contributed by atoms with Gasteiger partial charge in [0.25, 0.3) is 0 Å². The van der Waals surface area contributed by atoms with Gasteiger partial charge in [-0.2, -0.15) is 0 Å². The molecule has 0 aliphatic carbocycles. The monoisotopic (exact) mass is 385 g/mol. The predicted octanol–water partition coefficient (Wildman–Crippen LogP) is 3.65. The number of rotatable bonds is 5. The third-order valence-electron chi connectivity index (χ3n) is 4.33. The van der Waals surface area contributed by atoms with Gasteiger partial charge in [0.05, 0.1) is 16.2 Å². The highest BCUT2D eigenvalue weighted by atomic mass is 32.2. The van der Waals surface area contributed by atoms with Crippen LogP contribution < -0.4 is 0 Å². The van der Waals surface area contributed by atoms with Gasteiger partial charge < -0.3 is 9.94 Å². The zero-order chi connectivity index (χ0) is 19.7. The molecule has 2 aromatic carbocycles. The molecule has 0 aromatic heterocycles. The summed E-state index contributed by atoms with van der Waals surface area (Å²) in [6.45, 7) is 3.30. The molecule has 1 aliphatic rings. The lowest BCUT2D eigenvalue weighted by atomic mass is 9.95. The van der Waals surface area contributed by atoms with Crippen LogP contribution >= 0.6 is 0 Å². The summed E-state index contributed by atoms with van der Waals surface area (Å²) in [4.78, 5) is 16.9. The first kappa shape index (κ1) is 18.8. The maximum atomic E-state index is 12.7. The van der Waals surface area contributed by atoms with Gasteiger partial charge in [-0.3, -0.25) is 0 Å². The van der Waals surface area contributed by atoms with Crippen molar-refractivity contribution in [2.24, 2.45) is 5.16 Å². The van der Waals surface area contributed by atoms with Crippen molar-refractivity contribution in [1.82, 2.24) is 0 Å². The van der Waals surface area contributed by atoms with Crippen molar-refractivity contribution in [1.29, 1.82) is 0 Å². The molecule has 0 bridgehead atoms. The topological polar surface area (TPSA) is 93.0 Å². The summed E-state index contributed by atoms with van der Waals surface area (Å²) in [7, 11) is -3.60. The van der Waals surface area contributed by atoms with Gasteiger partial charge in [0.2, 0.25) is 9.84 Å². The van der Waals surface area contributed by atoms with Crippen LogP contribution in [0.4, 0.5) is 0 Å². The van der Waals surface area contributed by atoms with Crippen LogP contribution in [0.1, 0.15) is 36.2 Å². The number of carboxylic acid groups (broad SMARTS) is 1. The third-order valence-corrected chi connectivity index (χ3v) is 6.19. The van der Waals surface area contributed by atoms with Gasteiger partial charge in [0.15, 0.2) is 5.60 Å². The smallest absolute Gasteiger partial charge is 0.335 e. The molecule has 1 atom stereocenters. The highest BCUT2D eigenvalue weighted by Crippen LogP contribution is 2.31. The van der Waals surface area contributed by atoms with Crippen molar-refractivity contribution in [3.8, 4) is 0 Å². The lowest BCUT2D eigenvalue weighted by molar-refractivity contribution is 0.0360. The first-order valence-electron chi connectivity index (χ1n) is 8.30. The summed E-state index contributed by atoms with van der Waals surface area (Å²) < 4.78 is 25.4. The van der Waals surface area contributed by atoms with E-state index in [9.17, 15) is 13.2 Å². The number of allylic oxidation sites excluding steroid dienone is 1. The zero-order valence-corrected chi connectivity index (χ0v) is 15.7. The molecule has 7 heteroatoms. The number of sulfone groups is 1. The van der Waals surface area contributed by atoms with E-state index in [1.54, 1.807) is 55.5 Å². The van der Waals surface area contributed by atoms with Gasteiger partial charge in [-0.15, -0.1) is 0 Å². The van der Waals surface area contributed by atoms with Gasteiger partial charge >= 0.3 is 5.97 Å². The molecule has 27 heavy (non-hydrogen) atoms. The Bertz CT molecular complexity index is 1020. The van der Waals surface area contributed by atoms with Crippen LogP contribution in [0.2, 0.25) is 0 Å². The molecule has 140 valence electrons. The highest BCUT2D eigenvalue weighted by Gasteiger charge is 2.34. The van der Waals surface area contributed by atoms with E-state index in [-0.39, 0.29) is 15.4 Å². The third kappa shape index (κ3) is 3.93. The van der Waals surface area contributed by atoms with Crippen LogP contribution in [0.3, 0.4) is 0 Å². The molecule has 0 saturated heterocycles. The summed E-state index contributed by atoms with van der Waals surface area (Å²) >= 11 is 0. The van der Waals surface area contributed by atoms with E-state index in [0.717, 1.165) is 5.56 Å². The molecular formula is C20H19NO5S. The number of carbonyl (C=O) groups is 1. The van der Waals surface area contributed by atoms with Crippen molar-refractivity contribution in [3.63, 3.8) is 0 Å². The van der Waals surface area contributed by atoms with Crippen molar-refractivity contribution in [2.45, 2.75) is 30.8 Å². The largest absolute Gasteiger partial charge is 0.478 e. The molecule has 0 radical (unpaired) electrons. The highest BCUT2D eigenvalue weighted by molar-refractivity contribution is 7.95. The van der Waals surface area contributed by atoms with Gasteiger partial charge in [0.1, 0.15) is 0 Å². The Hall–Kier alpha value is -2.93. The minimum Gasteiger partial charge on any atom is -0.478 e. The van der Waals surface area contributed by atoms with Crippen LogP contribution in [0.5, 0.6) is 0 Å². The Kier molecular flexibility index (Phi) is 4.89. The molecular weight excluding hydrogens is 366 g/mol. The molecule has 3 rings (SSSR count). The van der Waals surface area contributed by atoms with Crippen LogP contribution in [0, 0.1) is 0 Å². The van der Waals surface area contributed by atoms with Crippen molar-refractivity contribution in [2.75, 3.05) is 0 Å². The second-order valence-corrected chi connectivity index (χ2v) is 8.69. The Balaban J connectivity index is 1.81. The minimum atomic E-state index is -3.60. The van der Waals surface area contributed by atoms with E-state index in [1.807, 2.05) is 0 Å². The number of benzene rings is 2. The predicted molar refractivity (Wildman–Crippen MR) is 101 cm³/mol. The number of carboxylic acids is 1. The number of oxime groups is 1. The SMILES string of the molecule is C/C(=C\C1(C)CC(c2ccc(C(=O)O)cc2)=NO1)S(=O)(=O)c1ccccc1. The zero-order valence-electron chi connectivity index (χ0n) is 14.9. The summed E-state index contributed by atoms with van der Waals surface area (Å²) in [5.74, 6) is -0.999. The minimum absolute atomic E-state index is 0.186. The van der Waals surface area contributed by atoms with Crippen molar-refractivity contribution in [3.05, 3.63) is 76.7 Å². The summed E-state index contributed by atoms with van der Waals surface area (Å²) in [6.07, 6.45) is 1.94. The number of aromatic carboxylic acids is 1. The Morgan fingerprint density at radius 3 is 2.37 bits per heavy atom. The Morgan fingerprint density at radius 2 is 1.78 bits per heavy atom. The van der Waals surface area contributed by atoms with E-state index >= 15 is 0 Å². The molecule has 2 aromatic rings. The molecule has 1 aliphatic heterocycles. The van der Waals surface area contributed by atoms with Gasteiger partial charge in [-0.05, 0) is 49.8 Å². The Labute approximate surface area is 157 Å². The molecule has 0 spiro atoms. The molecule has 0 amide bonds. The first-order valence-corrected chi connectivity index (χ1v) is 9.78. The van der Waals surface area contributed by atoms with E-state index in [2.05, 4.69) is 5.16 Å². The molecule has 1 unspecified atom stereocenters. The van der Waals surface area contributed by atoms with Crippen LogP contribution in [-0.4, -0.2) is 30.8 Å². The van der Waals surface area contributed by atoms with Gasteiger partial charge in [0, 0.05) is 11.3 Å². The average Bonchev–Trinajstić information content (AvgIpc) is 3.04. The van der Waals surface area contributed by atoms with Gasteiger partial charge in [-0.1, -0.05) is 35.5 Å². The lowest BCUT2D eigenvalue weighted by Crippen LogP contribution is -2.23. The van der Waals surface area contributed by atoms with Crippen molar-refractivity contribution < 1.29 is 23.2 Å². The first-order chi connectivity index (χ1) is 12.7. The second-order valence-electron chi connectivity index (χ2n) is 6.57. The van der Waals surface area contributed by atoms with Gasteiger partial charge in [-0.25, -0.2) is 13.2 Å². The fourth-order valence-electron chi connectivity index (χ4n) is 2.89. The van der Waals surface area contributed by atoms with E-state index < -0.39 is 21.4 Å². The van der Waals surface area contributed by atoms with Crippen LogP contribution in [-0.2, 0) is 14.7 Å². The van der Waals surface area contributed by atoms with Crippen molar-refractivity contribution >= 4 is 21.5 Å². The van der Waals surface area contributed by atoms with E-state index in [1.165, 1.54) is 19.1 Å². The Morgan fingerprint density at radius 1 is 1.15 bits per heavy atom. The quantitative estimate of drug-likeness (QED) is 0.848. The molecule has 1 heterocycles. The fraction of sp³-hybridized carbons (Fsp3) is 0.200. The van der Waals surface area contributed by atoms with Crippen LogP contribution in [0.15, 0.2) is 75.6 Å². The number of hydrogen-bond acceptors (Lipinski definition) is 5. The number of hydrogen-bond donors (Lipinski definition) is 1. The molecule has 0 fully saturated rings. The lowest BCUT2D eigenvalue weighted by Gasteiger charge is -2.18. The molecule has 0 saturated carbocycles. The normalized spacial score (nSPS) is 20.1. The van der Waals surface area contributed by atoms with Crippen LogP contribution in [0.25, 0.3) is 0 Å². The standard InChI is InChI=1S/C20H19NO5S/c1-14(27(24,25)17-6-4-3-5-7-17)12-20(2)13-18(21-26-20)15-8-10-16(11-9-15)19(22)23/h3-12H,13H2,1-2H3,(H,22,23)/b14-12+. The summed E-state index contributed by atoms with van der Waals surface area (Å²) in [5, 5.41) is 13.0. The maximum absolute atomic E-state index is 12.7. The van der Waals surface area contributed by atoms with E-state index in [4.69, 9.17) is 9.94 Å². The summed E-state index contributed by atoms with van der Waals surface area (Å²) in [6, 6.07) is 14.5. The molecule has 1 N–H and O–H groups in total. The van der Waals surface area contributed by atoms with E-state index in [0.29, 0.717) is 12.1 Å². The maximum Gasteiger partial charge on any atom is 0.335 e. The fourth-order valence-corrected chi connectivity index (χ4v) is 4.18. The number of nitrogens with zero attached hydrogens (tertiary/aromatic N) is 1. The molecule has 6 nitrogen and oxygen atoms in total. The summed E-state index contributed by atoms with van der Waals surface area (Å²) in [5.41, 5.74) is 0.661.